The molecular formula is C17H19Cl2NO3. The van der Waals surface area contributed by atoms with E-state index in [-0.39, 0.29) is 12.4 Å². The molecule has 124 valence electrons. The highest BCUT2D eigenvalue weighted by Crippen LogP contribution is 2.31. The molecule has 0 radical (unpaired) electrons. The van der Waals surface area contributed by atoms with Crippen LogP contribution in [-0.2, 0) is 11.3 Å². The molecule has 23 heavy (non-hydrogen) atoms. The summed E-state index contributed by atoms with van der Waals surface area (Å²) in [5.74, 6) is 0.304. The lowest BCUT2D eigenvalue weighted by atomic mass is 10.1. The topological polar surface area (TPSA) is 40.5 Å². The van der Waals surface area contributed by atoms with Gasteiger partial charge in [0.2, 0.25) is 5.78 Å². The maximum absolute atomic E-state index is 12.4. The van der Waals surface area contributed by atoms with Crippen molar-refractivity contribution in [1.29, 1.82) is 0 Å². The normalized spacial score (nSPS) is 10.8. The number of benzene rings is 1. The van der Waals surface area contributed by atoms with Crippen molar-refractivity contribution in [3.63, 3.8) is 0 Å². The van der Waals surface area contributed by atoms with Crippen LogP contribution in [0.2, 0.25) is 10.0 Å². The molecule has 0 amide bonds. The number of carbonyl (C=O) groups excluding carboxylic acids is 1. The van der Waals surface area contributed by atoms with Gasteiger partial charge in [0.1, 0.15) is 10.8 Å². The van der Waals surface area contributed by atoms with Crippen LogP contribution in [0.15, 0.2) is 24.3 Å². The van der Waals surface area contributed by atoms with E-state index in [2.05, 4.69) is 4.57 Å². The van der Waals surface area contributed by atoms with Crippen LogP contribution in [0.25, 0.3) is 0 Å². The summed E-state index contributed by atoms with van der Waals surface area (Å²) < 4.78 is 12.7. The second-order valence-electron chi connectivity index (χ2n) is 5.19. The number of hydrogen-bond donors (Lipinski definition) is 0. The Bertz CT molecular complexity index is 710. The summed E-state index contributed by atoms with van der Waals surface area (Å²) in [7, 11) is 1.66. The van der Waals surface area contributed by atoms with Gasteiger partial charge in [-0.2, -0.15) is 0 Å². The van der Waals surface area contributed by atoms with Crippen LogP contribution in [0.1, 0.15) is 21.7 Å². The minimum absolute atomic E-state index is 0.0887. The first-order chi connectivity index (χ1) is 11.0. The van der Waals surface area contributed by atoms with Gasteiger partial charge in [0.15, 0.2) is 6.61 Å². The summed E-state index contributed by atoms with van der Waals surface area (Å²) in [6.07, 6.45) is 0. The molecule has 0 N–H and O–H groups in total. The number of aryl methyl sites for hydroxylation is 1. The van der Waals surface area contributed by atoms with Crippen LogP contribution in [0, 0.1) is 13.8 Å². The van der Waals surface area contributed by atoms with Gasteiger partial charge in [0, 0.05) is 30.6 Å². The van der Waals surface area contributed by atoms with E-state index in [1.807, 2.05) is 19.9 Å². The van der Waals surface area contributed by atoms with E-state index < -0.39 is 0 Å². The van der Waals surface area contributed by atoms with Crippen LogP contribution in [0.5, 0.6) is 5.75 Å². The molecule has 4 nitrogen and oxygen atoms in total. The summed E-state index contributed by atoms with van der Waals surface area (Å²) in [5.41, 5.74) is 2.57. The molecule has 1 aromatic heterocycles. The van der Waals surface area contributed by atoms with E-state index >= 15 is 0 Å². The molecule has 0 fully saturated rings. The number of Topliss-reactive ketones (excluding diaryl/α,β-unsaturated/α-hetero) is 1. The molecule has 0 unspecified atom stereocenters. The highest BCUT2D eigenvalue weighted by atomic mass is 35.5. The van der Waals surface area contributed by atoms with Crippen molar-refractivity contribution in [1.82, 2.24) is 4.57 Å². The second kappa shape index (κ2) is 7.86. The number of ketones is 1. The number of halogens is 2. The Labute approximate surface area is 145 Å². The number of ether oxygens (including phenoxy) is 2. The average Bonchev–Trinajstić information content (AvgIpc) is 2.81. The lowest BCUT2D eigenvalue weighted by Crippen LogP contribution is -2.14. The Kier molecular flexibility index (Phi) is 6.10. The Morgan fingerprint density at radius 1 is 1.26 bits per heavy atom. The zero-order chi connectivity index (χ0) is 17.0. The number of rotatable bonds is 7. The molecular weight excluding hydrogens is 337 g/mol. The summed E-state index contributed by atoms with van der Waals surface area (Å²) >= 11 is 12.0. The quantitative estimate of drug-likeness (QED) is 0.694. The first-order valence-electron chi connectivity index (χ1n) is 7.21. The summed E-state index contributed by atoms with van der Waals surface area (Å²) in [5, 5.41) is 0.710. The molecule has 0 atom stereocenters. The Morgan fingerprint density at radius 2 is 2.00 bits per heavy atom. The van der Waals surface area contributed by atoms with Crippen molar-refractivity contribution >= 4 is 29.0 Å². The van der Waals surface area contributed by atoms with Crippen LogP contribution in [0.3, 0.4) is 0 Å². The number of nitrogens with zero attached hydrogens (tertiary/aromatic N) is 1. The van der Waals surface area contributed by atoms with Gasteiger partial charge in [-0.1, -0.05) is 29.3 Å². The minimum Gasteiger partial charge on any atom is -0.484 e. The van der Waals surface area contributed by atoms with Crippen molar-refractivity contribution in [3.8, 4) is 5.75 Å². The lowest BCUT2D eigenvalue weighted by molar-refractivity contribution is 0.0920. The number of aromatic nitrogens is 1. The van der Waals surface area contributed by atoms with Gasteiger partial charge in [-0.05, 0) is 32.0 Å². The smallest absolute Gasteiger partial charge is 0.202 e. The highest BCUT2D eigenvalue weighted by molar-refractivity contribution is 6.42. The van der Waals surface area contributed by atoms with E-state index in [9.17, 15) is 4.79 Å². The first-order valence-corrected chi connectivity index (χ1v) is 7.97. The van der Waals surface area contributed by atoms with E-state index in [0.717, 1.165) is 11.4 Å². The van der Waals surface area contributed by atoms with Gasteiger partial charge < -0.3 is 14.0 Å². The molecule has 2 rings (SSSR count). The fourth-order valence-electron chi connectivity index (χ4n) is 2.43. The van der Waals surface area contributed by atoms with E-state index in [0.29, 0.717) is 34.5 Å². The monoisotopic (exact) mass is 355 g/mol. The Balaban J connectivity index is 2.11. The summed E-state index contributed by atoms with van der Waals surface area (Å²) in [6, 6.07) is 6.95. The van der Waals surface area contributed by atoms with E-state index in [4.69, 9.17) is 32.7 Å². The number of hydrogen-bond acceptors (Lipinski definition) is 3. The molecule has 0 aliphatic rings. The van der Waals surface area contributed by atoms with Gasteiger partial charge in [0.25, 0.3) is 0 Å². The Hall–Kier alpha value is -1.49. The molecule has 1 aromatic carbocycles. The molecule has 0 saturated heterocycles. The molecule has 0 spiro atoms. The summed E-state index contributed by atoms with van der Waals surface area (Å²) in [4.78, 5) is 12.4. The lowest BCUT2D eigenvalue weighted by Gasteiger charge is -2.10. The zero-order valence-corrected chi connectivity index (χ0v) is 14.9. The number of carbonyl (C=O) groups is 1. The molecule has 0 aliphatic carbocycles. The third-order valence-corrected chi connectivity index (χ3v) is 4.47. The zero-order valence-electron chi connectivity index (χ0n) is 13.4. The van der Waals surface area contributed by atoms with Gasteiger partial charge >= 0.3 is 0 Å². The molecule has 1 heterocycles. The van der Waals surface area contributed by atoms with Gasteiger partial charge in [-0.25, -0.2) is 0 Å². The highest BCUT2D eigenvalue weighted by Gasteiger charge is 2.17. The fraction of sp³-hybridized carbons (Fsp3) is 0.353. The maximum Gasteiger partial charge on any atom is 0.202 e. The van der Waals surface area contributed by atoms with Crippen molar-refractivity contribution in [3.05, 3.63) is 51.3 Å². The third kappa shape index (κ3) is 4.08. The van der Waals surface area contributed by atoms with Crippen molar-refractivity contribution in [2.24, 2.45) is 0 Å². The van der Waals surface area contributed by atoms with Gasteiger partial charge in [0.05, 0.1) is 11.6 Å². The molecule has 2 aromatic rings. The number of methoxy groups -OCH3 is 1. The Morgan fingerprint density at radius 3 is 2.70 bits per heavy atom. The first kappa shape index (κ1) is 17.9. The standard InChI is InChI=1S/C17H19Cl2NO3/c1-11-9-13(12(2)20(11)7-8-22-3)15(21)10-23-16-6-4-5-14(18)17(16)19/h4-6,9H,7-8,10H2,1-3H3. The van der Waals surface area contributed by atoms with Gasteiger partial charge in [-0.15, -0.1) is 0 Å². The molecule has 6 heteroatoms. The molecule has 0 bridgehead atoms. The third-order valence-electron chi connectivity index (χ3n) is 3.67. The van der Waals surface area contributed by atoms with Crippen LogP contribution in [-0.4, -0.2) is 30.7 Å². The second-order valence-corrected chi connectivity index (χ2v) is 5.98. The SMILES string of the molecule is COCCn1c(C)cc(C(=O)COc2cccc(Cl)c2Cl)c1C. The molecule has 0 aliphatic heterocycles. The molecule has 0 saturated carbocycles. The van der Waals surface area contributed by atoms with E-state index in [1.54, 1.807) is 25.3 Å². The average molecular weight is 356 g/mol. The van der Waals surface area contributed by atoms with Crippen molar-refractivity contribution in [2.45, 2.75) is 20.4 Å². The minimum atomic E-state index is -0.0993. The van der Waals surface area contributed by atoms with Crippen LogP contribution in [0.4, 0.5) is 0 Å². The van der Waals surface area contributed by atoms with Crippen molar-refractivity contribution < 1.29 is 14.3 Å². The van der Waals surface area contributed by atoms with Gasteiger partial charge in [-0.3, -0.25) is 4.79 Å². The van der Waals surface area contributed by atoms with Crippen molar-refractivity contribution in [2.75, 3.05) is 20.3 Å². The van der Waals surface area contributed by atoms with Crippen LogP contribution >= 0.6 is 23.2 Å². The fourth-order valence-corrected chi connectivity index (χ4v) is 2.77. The summed E-state index contributed by atoms with van der Waals surface area (Å²) in [6.45, 7) is 5.10. The maximum atomic E-state index is 12.4. The predicted molar refractivity (Wildman–Crippen MR) is 92.1 cm³/mol. The van der Waals surface area contributed by atoms with Crippen LogP contribution < -0.4 is 4.74 Å². The predicted octanol–water partition coefficient (Wildman–Crippen LogP) is 4.32. The van der Waals surface area contributed by atoms with E-state index in [1.165, 1.54) is 0 Å². The largest absolute Gasteiger partial charge is 0.484 e.